The van der Waals surface area contributed by atoms with E-state index in [2.05, 4.69) is 50.4 Å². The number of hydrogen-bond acceptors (Lipinski definition) is 3. The molecule has 0 aliphatic heterocycles. The number of carbonyl (C=O) groups excluding carboxylic acids is 1. The Bertz CT molecular complexity index is 668. The van der Waals surface area contributed by atoms with E-state index < -0.39 is 0 Å². The van der Waals surface area contributed by atoms with Gasteiger partial charge in [0.25, 0.3) is 0 Å². The highest BCUT2D eigenvalue weighted by Gasteiger charge is 2.19. The van der Waals surface area contributed by atoms with Crippen LogP contribution in [0.2, 0.25) is 0 Å². The van der Waals surface area contributed by atoms with Crippen LogP contribution < -0.4 is 10.1 Å². The van der Waals surface area contributed by atoms with Crippen LogP contribution in [0.4, 0.5) is 0 Å². The summed E-state index contributed by atoms with van der Waals surface area (Å²) in [5, 5.41) is 3.41. The minimum Gasteiger partial charge on any atom is -0.497 e. The van der Waals surface area contributed by atoms with Crippen LogP contribution in [-0.4, -0.2) is 30.5 Å². The molecule has 0 spiro atoms. The molecule has 1 unspecified atom stereocenters. The fourth-order valence-electron chi connectivity index (χ4n) is 2.99. The molecule has 0 aromatic heterocycles. The van der Waals surface area contributed by atoms with Crippen molar-refractivity contribution in [2.45, 2.75) is 45.8 Å². The molecule has 2 aromatic rings. The summed E-state index contributed by atoms with van der Waals surface area (Å²) in [4.78, 5) is 14.7. The number of nitrogens with zero attached hydrogens (tertiary/aromatic N) is 1. The Morgan fingerprint density at radius 2 is 1.73 bits per heavy atom. The van der Waals surface area contributed by atoms with E-state index in [9.17, 15) is 4.79 Å². The predicted octanol–water partition coefficient (Wildman–Crippen LogP) is 4.17. The zero-order chi connectivity index (χ0) is 18.9. The third kappa shape index (κ3) is 5.60. The van der Waals surface area contributed by atoms with Gasteiger partial charge in [-0.05, 0) is 43.5 Å². The van der Waals surface area contributed by atoms with E-state index in [0.717, 1.165) is 17.7 Å². The van der Waals surface area contributed by atoms with Gasteiger partial charge in [-0.15, -0.1) is 0 Å². The highest BCUT2D eigenvalue weighted by Crippen LogP contribution is 2.20. The molecule has 0 radical (unpaired) electrons. The lowest BCUT2D eigenvalue weighted by molar-refractivity contribution is -0.132. The number of methoxy groups -OCH3 is 1. The van der Waals surface area contributed by atoms with E-state index in [1.807, 2.05) is 35.2 Å². The van der Waals surface area contributed by atoms with Crippen LogP contribution in [0.1, 0.15) is 44.4 Å². The van der Waals surface area contributed by atoms with Crippen molar-refractivity contribution < 1.29 is 9.53 Å². The quantitative estimate of drug-likeness (QED) is 0.735. The first-order valence-electron chi connectivity index (χ1n) is 9.25. The lowest BCUT2D eigenvalue weighted by Gasteiger charge is -2.28. The molecule has 0 fully saturated rings. The van der Waals surface area contributed by atoms with Crippen LogP contribution in [0.3, 0.4) is 0 Å². The Kier molecular flexibility index (Phi) is 7.67. The van der Waals surface area contributed by atoms with Crippen molar-refractivity contribution in [1.29, 1.82) is 0 Å². The molecular weight excluding hydrogens is 324 g/mol. The van der Waals surface area contributed by atoms with E-state index in [4.69, 9.17) is 4.74 Å². The molecule has 0 saturated carbocycles. The minimum absolute atomic E-state index is 0.121. The lowest BCUT2D eigenvalue weighted by Crippen LogP contribution is -2.42. The first kappa shape index (κ1) is 20.0. The maximum absolute atomic E-state index is 12.8. The van der Waals surface area contributed by atoms with E-state index in [1.165, 1.54) is 5.56 Å². The van der Waals surface area contributed by atoms with Crippen LogP contribution in [-0.2, 0) is 11.3 Å². The van der Waals surface area contributed by atoms with E-state index in [-0.39, 0.29) is 18.0 Å². The molecule has 1 atom stereocenters. The zero-order valence-corrected chi connectivity index (χ0v) is 16.2. The van der Waals surface area contributed by atoms with Crippen LogP contribution in [0.25, 0.3) is 0 Å². The van der Waals surface area contributed by atoms with Gasteiger partial charge in [-0.25, -0.2) is 0 Å². The summed E-state index contributed by atoms with van der Waals surface area (Å²) in [5.41, 5.74) is 2.32. The normalized spacial score (nSPS) is 12.0. The van der Waals surface area contributed by atoms with Gasteiger partial charge >= 0.3 is 0 Å². The monoisotopic (exact) mass is 354 g/mol. The minimum atomic E-state index is 0.121. The van der Waals surface area contributed by atoms with Gasteiger partial charge in [0.15, 0.2) is 0 Å². The predicted molar refractivity (Wildman–Crippen MR) is 106 cm³/mol. The Labute approximate surface area is 157 Å². The zero-order valence-electron chi connectivity index (χ0n) is 16.2. The van der Waals surface area contributed by atoms with Gasteiger partial charge in [-0.1, -0.05) is 49.4 Å². The van der Waals surface area contributed by atoms with Gasteiger partial charge in [-0.3, -0.25) is 4.79 Å². The Morgan fingerprint density at radius 3 is 2.27 bits per heavy atom. The summed E-state index contributed by atoms with van der Waals surface area (Å²) in [6.45, 7) is 7.20. The van der Waals surface area contributed by atoms with Crippen molar-refractivity contribution in [3.05, 3.63) is 65.7 Å². The van der Waals surface area contributed by atoms with Gasteiger partial charge in [0.05, 0.1) is 13.7 Å². The van der Waals surface area contributed by atoms with Crippen molar-refractivity contribution in [3.8, 4) is 5.75 Å². The van der Waals surface area contributed by atoms with E-state index in [1.54, 1.807) is 7.11 Å². The van der Waals surface area contributed by atoms with Gasteiger partial charge in [0.1, 0.15) is 5.75 Å². The highest BCUT2D eigenvalue weighted by atomic mass is 16.5. The van der Waals surface area contributed by atoms with Gasteiger partial charge < -0.3 is 15.0 Å². The van der Waals surface area contributed by atoms with Crippen molar-refractivity contribution >= 4 is 5.91 Å². The van der Waals surface area contributed by atoms with Crippen LogP contribution >= 0.6 is 0 Å². The Balaban J connectivity index is 1.98. The molecule has 0 bridgehead atoms. The maximum atomic E-state index is 12.8. The molecule has 0 saturated heterocycles. The van der Waals surface area contributed by atoms with Crippen molar-refractivity contribution in [3.63, 3.8) is 0 Å². The molecule has 4 heteroatoms. The molecule has 1 N–H and O–H groups in total. The van der Waals surface area contributed by atoms with Gasteiger partial charge in [-0.2, -0.15) is 0 Å². The number of benzene rings is 2. The SMILES string of the molecule is CCC(NCC(=O)N(Cc1ccccc1)C(C)C)c1ccc(OC)cc1. The van der Waals surface area contributed by atoms with E-state index in [0.29, 0.717) is 13.1 Å². The van der Waals surface area contributed by atoms with Crippen LogP contribution in [0.5, 0.6) is 5.75 Å². The molecular formula is C22H30N2O2. The number of rotatable bonds is 9. The Hall–Kier alpha value is -2.33. The average Bonchev–Trinajstić information content (AvgIpc) is 2.67. The molecule has 4 nitrogen and oxygen atoms in total. The number of amides is 1. The molecule has 2 rings (SSSR count). The van der Waals surface area contributed by atoms with Crippen molar-refractivity contribution in [2.75, 3.05) is 13.7 Å². The van der Waals surface area contributed by atoms with Crippen LogP contribution in [0.15, 0.2) is 54.6 Å². The van der Waals surface area contributed by atoms with Crippen LogP contribution in [0, 0.1) is 0 Å². The second kappa shape index (κ2) is 9.97. The number of nitrogens with one attached hydrogen (secondary N) is 1. The number of hydrogen-bond donors (Lipinski definition) is 1. The summed E-state index contributed by atoms with van der Waals surface area (Å²) in [5.74, 6) is 0.962. The molecule has 0 aliphatic rings. The van der Waals surface area contributed by atoms with Crippen molar-refractivity contribution in [1.82, 2.24) is 10.2 Å². The fourth-order valence-corrected chi connectivity index (χ4v) is 2.99. The average molecular weight is 354 g/mol. The summed E-state index contributed by atoms with van der Waals surface area (Å²) < 4.78 is 5.21. The number of carbonyl (C=O) groups is 1. The fraction of sp³-hybridized carbons (Fsp3) is 0.409. The first-order valence-corrected chi connectivity index (χ1v) is 9.25. The van der Waals surface area contributed by atoms with Gasteiger partial charge in [0, 0.05) is 18.6 Å². The summed E-state index contributed by atoms with van der Waals surface area (Å²) in [6, 6.07) is 18.4. The summed E-state index contributed by atoms with van der Waals surface area (Å²) in [6.07, 6.45) is 0.917. The third-order valence-corrected chi connectivity index (χ3v) is 4.57. The second-order valence-electron chi connectivity index (χ2n) is 6.72. The summed E-state index contributed by atoms with van der Waals surface area (Å²) >= 11 is 0. The molecule has 1 amide bonds. The standard InChI is InChI=1S/C22H30N2O2/c1-5-21(19-11-13-20(26-4)14-12-19)23-15-22(25)24(17(2)3)16-18-9-7-6-8-10-18/h6-14,17,21,23H,5,15-16H2,1-4H3. The maximum Gasteiger partial charge on any atom is 0.237 e. The third-order valence-electron chi connectivity index (χ3n) is 4.57. The molecule has 26 heavy (non-hydrogen) atoms. The number of ether oxygens (including phenoxy) is 1. The summed E-state index contributed by atoms with van der Waals surface area (Å²) in [7, 11) is 1.66. The molecule has 140 valence electrons. The molecule has 2 aromatic carbocycles. The van der Waals surface area contributed by atoms with Gasteiger partial charge in [0.2, 0.25) is 5.91 Å². The first-order chi connectivity index (χ1) is 12.5. The van der Waals surface area contributed by atoms with E-state index >= 15 is 0 Å². The smallest absolute Gasteiger partial charge is 0.237 e. The largest absolute Gasteiger partial charge is 0.497 e. The molecule has 0 heterocycles. The Morgan fingerprint density at radius 1 is 1.08 bits per heavy atom. The highest BCUT2D eigenvalue weighted by molar-refractivity contribution is 5.78. The van der Waals surface area contributed by atoms with Crippen molar-refractivity contribution in [2.24, 2.45) is 0 Å². The second-order valence-corrected chi connectivity index (χ2v) is 6.72. The lowest BCUT2D eigenvalue weighted by atomic mass is 10.0. The topological polar surface area (TPSA) is 41.6 Å². The molecule has 0 aliphatic carbocycles.